The lowest BCUT2D eigenvalue weighted by molar-refractivity contribution is 0.281. The van der Waals surface area contributed by atoms with E-state index >= 15 is 0 Å². The molecule has 0 radical (unpaired) electrons. The summed E-state index contributed by atoms with van der Waals surface area (Å²) in [5.74, 6) is 2.07. The minimum atomic E-state index is -0.0475. The molecule has 0 aliphatic rings. The Morgan fingerprint density at radius 3 is 1.58 bits per heavy atom. The Morgan fingerprint density at radius 1 is 0.628 bits per heavy atom. The number of imidazole rings is 1. The normalized spacial score (nSPS) is 13.8. The molecule has 0 N–H and O–H groups in total. The Kier molecular flexibility index (Phi) is 16.8. The molecule has 3 aromatic rings. The summed E-state index contributed by atoms with van der Waals surface area (Å²) in [7, 11) is 0. The molecule has 0 saturated heterocycles. The standard InChI is InChI=1S/C41H64N2/c1-5-6-7-8-9-10-11-12-13-14-15-16-17-18-19-20-27-33-43-34-32-42-40(43)39(36(2)3)41(4,38-30-25-22-26-31-38)35-37-28-23-21-24-29-37/h21-26,28-32,34,36,39H,5-20,27,33,35H2,1-4H3. The van der Waals surface area contributed by atoms with Crippen molar-refractivity contribution in [2.75, 3.05) is 0 Å². The first kappa shape index (κ1) is 35.1. The third kappa shape index (κ3) is 12.3. The van der Waals surface area contributed by atoms with Crippen LogP contribution in [0.3, 0.4) is 0 Å². The van der Waals surface area contributed by atoms with Crippen molar-refractivity contribution in [1.29, 1.82) is 0 Å². The van der Waals surface area contributed by atoms with Gasteiger partial charge in [-0.2, -0.15) is 0 Å². The van der Waals surface area contributed by atoms with Crippen LogP contribution in [0.4, 0.5) is 0 Å². The summed E-state index contributed by atoms with van der Waals surface area (Å²) in [6.07, 6.45) is 29.3. The predicted octanol–water partition coefficient (Wildman–Crippen LogP) is 12.5. The molecular formula is C41H64N2. The van der Waals surface area contributed by atoms with Crippen LogP contribution in [-0.2, 0) is 18.4 Å². The molecule has 238 valence electrons. The summed E-state index contributed by atoms with van der Waals surface area (Å²) in [5, 5.41) is 0. The molecule has 2 aromatic carbocycles. The van der Waals surface area contributed by atoms with Crippen molar-refractivity contribution in [3.63, 3.8) is 0 Å². The average Bonchev–Trinajstić information content (AvgIpc) is 3.47. The van der Waals surface area contributed by atoms with E-state index in [4.69, 9.17) is 4.98 Å². The van der Waals surface area contributed by atoms with E-state index in [0.29, 0.717) is 11.8 Å². The molecule has 2 atom stereocenters. The smallest absolute Gasteiger partial charge is 0.112 e. The first-order chi connectivity index (χ1) is 21.1. The molecule has 0 bridgehead atoms. The van der Waals surface area contributed by atoms with Crippen LogP contribution in [0.25, 0.3) is 0 Å². The fraction of sp³-hybridized carbons (Fsp3) is 0.634. The van der Waals surface area contributed by atoms with Gasteiger partial charge in [0.2, 0.25) is 0 Å². The van der Waals surface area contributed by atoms with Gasteiger partial charge < -0.3 is 4.57 Å². The van der Waals surface area contributed by atoms with Gasteiger partial charge in [0, 0.05) is 30.3 Å². The van der Waals surface area contributed by atoms with E-state index in [9.17, 15) is 0 Å². The molecule has 2 heteroatoms. The molecule has 1 aromatic heterocycles. The highest BCUT2D eigenvalue weighted by atomic mass is 15.1. The lowest BCUT2D eigenvalue weighted by Gasteiger charge is -2.41. The van der Waals surface area contributed by atoms with Crippen LogP contribution in [0.5, 0.6) is 0 Å². The van der Waals surface area contributed by atoms with Crippen LogP contribution >= 0.6 is 0 Å². The van der Waals surface area contributed by atoms with Gasteiger partial charge in [0.1, 0.15) is 5.82 Å². The van der Waals surface area contributed by atoms with E-state index in [2.05, 4.69) is 99.1 Å². The van der Waals surface area contributed by atoms with Crippen LogP contribution in [0.2, 0.25) is 0 Å². The minimum Gasteiger partial charge on any atom is -0.335 e. The van der Waals surface area contributed by atoms with Crippen LogP contribution in [0, 0.1) is 5.92 Å². The highest BCUT2D eigenvalue weighted by molar-refractivity contribution is 5.33. The summed E-state index contributed by atoms with van der Waals surface area (Å²) >= 11 is 0. The zero-order chi connectivity index (χ0) is 30.6. The van der Waals surface area contributed by atoms with Crippen LogP contribution in [0.15, 0.2) is 73.1 Å². The lowest BCUT2D eigenvalue weighted by atomic mass is 9.64. The Bertz CT molecular complexity index is 1070. The van der Waals surface area contributed by atoms with E-state index in [-0.39, 0.29) is 5.41 Å². The maximum Gasteiger partial charge on any atom is 0.112 e. The Labute approximate surface area is 266 Å². The number of rotatable bonds is 24. The first-order valence-electron chi connectivity index (χ1n) is 18.2. The zero-order valence-corrected chi connectivity index (χ0v) is 28.4. The van der Waals surface area contributed by atoms with Crippen molar-refractivity contribution in [1.82, 2.24) is 9.55 Å². The van der Waals surface area contributed by atoms with E-state index in [1.165, 1.54) is 126 Å². The third-order valence-electron chi connectivity index (χ3n) is 9.73. The quantitative estimate of drug-likeness (QED) is 0.0957. The van der Waals surface area contributed by atoms with E-state index in [0.717, 1.165) is 13.0 Å². The third-order valence-corrected chi connectivity index (χ3v) is 9.73. The Morgan fingerprint density at radius 2 is 1.09 bits per heavy atom. The maximum atomic E-state index is 5.03. The van der Waals surface area contributed by atoms with E-state index < -0.39 is 0 Å². The highest BCUT2D eigenvalue weighted by Crippen LogP contribution is 2.45. The summed E-state index contributed by atoms with van der Waals surface area (Å²) in [4.78, 5) is 5.03. The number of benzene rings is 2. The van der Waals surface area contributed by atoms with Gasteiger partial charge >= 0.3 is 0 Å². The summed E-state index contributed by atoms with van der Waals surface area (Å²) in [5.41, 5.74) is 2.75. The van der Waals surface area contributed by atoms with Crippen molar-refractivity contribution < 1.29 is 0 Å². The van der Waals surface area contributed by atoms with Crippen LogP contribution < -0.4 is 0 Å². The first-order valence-corrected chi connectivity index (χ1v) is 18.2. The number of aryl methyl sites for hydroxylation is 1. The van der Waals surface area contributed by atoms with Gasteiger partial charge in [-0.3, -0.25) is 0 Å². The van der Waals surface area contributed by atoms with Crippen molar-refractivity contribution in [3.05, 3.63) is 90.0 Å². The van der Waals surface area contributed by atoms with Gasteiger partial charge in [0.25, 0.3) is 0 Å². The molecule has 0 saturated carbocycles. The number of unbranched alkanes of at least 4 members (excludes halogenated alkanes) is 16. The molecule has 0 spiro atoms. The Balaban J connectivity index is 1.41. The topological polar surface area (TPSA) is 17.8 Å². The summed E-state index contributed by atoms with van der Waals surface area (Å²) in [6, 6.07) is 22.2. The second-order valence-electron chi connectivity index (χ2n) is 13.8. The largest absolute Gasteiger partial charge is 0.335 e. The molecule has 0 aliphatic heterocycles. The summed E-state index contributed by atoms with van der Waals surface area (Å²) < 4.78 is 2.47. The molecule has 3 rings (SSSR count). The number of nitrogens with zero attached hydrogens (tertiary/aromatic N) is 2. The average molecular weight is 585 g/mol. The lowest BCUT2D eigenvalue weighted by Crippen LogP contribution is -2.37. The van der Waals surface area contributed by atoms with E-state index in [1.807, 2.05) is 6.20 Å². The number of hydrogen-bond acceptors (Lipinski definition) is 1. The molecule has 1 heterocycles. The van der Waals surface area contributed by atoms with Gasteiger partial charge in [-0.05, 0) is 29.9 Å². The van der Waals surface area contributed by atoms with Gasteiger partial charge in [-0.25, -0.2) is 4.98 Å². The van der Waals surface area contributed by atoms with Gasteiger partial charge in [0.05, 0.1) is 0 Å². The Hall–Kier alpha value is -2.35. The molecule has 0 amide bonds. The predicted molar refractivity (Wildman–Crippen MR) is 188 cm³/mol. The number of aromatic nitrogens is 2. The SMILES string of the molecule is CCCCCCCCCCCCCCCCCCCn1ccnc1C(C(C)C)C(C)(Cc1ccccc1)c1ccccc1. The van der Waals surface area contributed by atoms with Gasteiger partial charge in [0.15, 0.2) is 0 Å². The number of hydrogen-bond donors (Lipinski definition) is 0. The second-order valence-corrected chi connectivity index (χ2v) is 13.8. The van der Waals surface area contributed by atoms with Crippen molar-refractivity contribution >= 4 is 0 Å². The fourth-order valence-electron chi connectivity index (χ4n) is 7.34. The molecule has 0 fully saturated rings. The zero-order valence-electron chi connectivity index (χ0n) is 28.4. The monoisotopic (exact) mass is 585 g/mol. The fourth-order valence-corrected chi connectivity index (χ4v) is 7.34. The van der Waals surface area contributed by atoms with Crippen LogP contribution in [-0.4, -0.2) is 9.55 Å². The van der Waals surface area contributed by atoms with Gasteiger partial charge in [-0.15, -0.1) is 0 Å². The maximum absolute atomic E-state index is 5.03. The molecular weight excluding hydrogens is 520 g/mol. The van der Waals surface area contributed by atoms with Crippen molar-refractivity contribution in [2.45, 2.75) is 161 Å². The van der Waals surface area contributed by atoms with Crippen molar-refractivity contribution in [2.24, 2.45) is 5.92 Å². The molecule has 0 aliphatic carbocycles. The van der Waals surface area contributed by atoms with E-state index in [1.54, 1.807) is 0 Å². The minimum absolute atomic E-state index is 0.0475. The van der Waals surface area contributed by atoms with Crippen LogP contribution in [0.1, 0.15) is 160 Å². The van der Waals surface area contributed by atoms with Crippen molar-refractivity contribution in [3.8, 4) is 0 Å². The molecule has 2 unspecified atom stereocenters. The van der Waals surface area contributed by atoms with Gasteiger partial charge in [-0.1, -0.05) is 191 Å². The molecule has 43 heavy (non-hydrogen) atoms. The molecule has 2 nitrogen and oxygen atoms in total. The second kappa shape index (κ2) is 20.6. The highest BCUT2D eigenvalue weighted by Gasteiger charge is 2.41. The summed E-state index contributed by atoms with van der Waals surface area (Å²) in [6.45, 7) is 10.6.